The number of aromatic amines is 1. The van der Waals surface area contributed by atoms with Crippen molar-refractivity contribution in [3.8, 4) is 0 Å². The molecule has 0 unspecified atom stereocenters. The number of hydrogen-bond acceptors (Lipinski definition) is 0. The van der Waals surface area contributed by atoms with E-state index in [1.54, 1.807) is 0 Å². The van der Waals surface area contributed by atoms with Crippen LogP contribution in [0.15, 0.2) is 54.7 Å². The molecule has 2 aromatic carbocycles. The summed E-state index contributed by atoms with van der Waals surface area (Å²) in [6.45, 7) is 2.19. The van der Waals surface area contributed by atoms with Crippen LogP contribution in [-0.2, 0) is 0 Å². The van der Waals surface area contributed by atoms with Crippen LogP contribution in [0.25, 0.3) is 22.0 Å². The van der Waals surface area contributed by atoms with Crippen LogP contribution in [0.3, 0.4) is 0 Å². The van der Waals surface area contributed by atoms with E-state index < -0.39 is 0 Å². The molecular weight excluding hydrogens is 244 g/mol. The molecule has 2 heterocycles. The Labute approximate surface area is 117 Å². The third kappa shape index (κ3) is 1.55. The zero-order valence-electron chi connectivity index (χ0n) is 11.3. The predicted octanol–water partition coefficient (Wildman–Crippen LogP) is 2.90. The lowest BCUT2D eigenvalue weighted by Gasteiger charge is -2.03. The molecule has 20 heavy (non-hydrogen) atoms. The van der Waals surface area contributed by atoms with E-state index in [1.165, 1.54) is 38.9 Å². The van der Waals surface area contributed by atoms with Crippen molar-refractivity contribution in [2.45, 2.75) is 6.92 Å². The van der Waals surface area contributed by atoms with Crippen LogP contribution in [0.2, 0.25) is 0 Å². The molecular formula is C18H15N2+. The van der Waals surface area contributed by atoms with Gasteiger partial charge in [0.15, 0.2) is 6.21 Å². The van der Waals surface area contributed by atoms with Gasteiger partial charge in [-0.05, 0) is 24.6 Å². The van der Waals surface area contributed by atoms with Gasteiger partial charge >= 0.3 is 0 Å². The maximum atomic E-state index is 3.35. The fraction of sp³-hybridized carbons (Fsp3) is 0.0556. The Balaban J connectivity index is 1.95. The summed E-state index contributed by atoms with van der Waals surface area (Å²) in [4.78, 5) is 6.70. The highest BCUT2D eigenvalue weighted by Gasteiger charge is 2.21. The molecule has 0 aliphatic carbocycles. The lowest BCUT2D eigenvalue weighted by Crippen LogP contribution is -2.58. The van der Waals surface area contributed by atoms with Gasteiger partial charge in [0.05, 0.1) is 11.1 Å². The van der Waals surface area contributed by atoms with Gasteiger partial charge in [-0.1, -0.05) is 30.3 Å². The monoisotopic (exact) mass is 259 g/mol. The summed E-state index contributed by atoms with van der Waals surface area (Å²) in [6.07, 6.45) is 4.20. The van der Waals surface area contributed by atoms with E-state index in [0.29, 0.717) is 0 Å². The van der Waals surface area contributed by atoms with Gasteiger partial charge in [0.2, 0.25) is 5.69 Å². The van der Waals surface area contributed by atoms with Crippen molar-refractivity contribution in [1.82, 2.24) is 4.98 Å². The van der Waals surface area contributed by atoms with Crippen LogP contribution in [0, 0.1) is 0 Å². The van der Waals surface area contributed by atoms with Gasteiger partial charge in [-0.3, -0.25) is 0 Å². The number of aromatic nitrogens is 1. The van der Waals surface area contributed by atoms with Crippen molar-refractivity contribution in [2.75, 3.05) is 0 Å². The van der Waals surface area contributed by atoms with Gasteiger partial charge in [-0.15, -0.1) is 0 Å². The van der Waals surface area contributed by atoms with Crippen molar-refractivity contribution >= 4 is 34.0 Å². The lowest BCUT2D eigenvalue weighted by atomic mass is 9.97. The molecule has 4 rings (SSSR count). The molecule has 1 aliphatic heterocycles. The number of rotatable bonds is 1. The molecule has 0 radical (unpaired) electrons. The van der Waals surface area contributed by atoms with Crippen LogP contribution in [-0.4, -0.2) is 11.2 Å². The molecule has 96 valence electrons. The molecule has 2 heteroatoms. The standard InChI is InChI=1S/C18H14N2/c1-12(15-10-19-17-8-4-2-6-13(15)17)16-11-20-18-9-5-3-7-14(16)18/h2-11,19H,1H3/p+1/b16-12+. The predicted molar refractivity (Wildman–Crippen MR) is 83.9 cm³/mol. The fourth-order valence-corrected chi connectivity index (χ4v) is 2.91. The van der Waals surface area contributed by atoms with Crippen molar-refractivity contribution in [3.63, 3.8) is 0 Å². The third-order valence-electron chi connectivity index (χ3n) is 3.99. The van der Waals surface area contributed by atoms with Gasteiger partial charge < -0.3 is 4.98 Å². The number of allylic oxidation sites excluding steroid dienone is 2. The summed E-state index contributed by atoms with van der Waals surface area (Å²) in [6, 6.07) is 16.8. The SMILES string of the molecule is C/C(=C1/C=[NH+]c2ccccc21)c1c[nH]c2ccccc12. The average Bonchev–Trinajstić information content (AvgIpc) is 3.11. The molecule has 0 atom stereocenters. The highest BCUT2D eigenvalue weighted by molar-refractivity contribution is 6.21. The van der Waals surface area contributed by atoms with Gasteiger partial charge in [0, 0.05) is 28.7 Å². The number of fused-ring (bicyclic) bond motifs is 2. The Bertz CT molecular complexity index is 866. The van der Waals surface area contributed by atoms with Gasteiger partial charge in [0.1, 0.15) is 0 Å². The van der Waals surface area contributed by atoms with Crippen LogP contribution >= 0.6 is 0 Å². The summed E-state index contributed by atoms with van der Waals surface area (Å²) < 4.78 is 0. The minimum absolute atomic E-state index is 1.18. The van der Waals surface area contributed by atoms with Crippen molar-refractivity contribution in [3.05, 3.63) is 65.9 Å². The van der Waals surface area contributed by atoms with Crippen molar-refractivity contribution in [1.29, 1.82) is 0 Å². The van der Waals surface area contributed by atoms with E-state index >= 15 is 0 Å². The summed E-state index contributed by atoms with van der Waals surface area (Å²) >= 11 is 0. The summed E-state index contributed by atoms with van der Waals surface area (Å²) in [5.41, 5.74) is 7.47. The van der Waals surface area contributed by atoms with Crippen molar-refractivity contribution < 1.29 is 4.99 Å². The molecule has 0 saturated carbocycles. The number of para-hydroxylation sites is 2. The molecule has 3 aromatic rings. The number of H-pyrrole nitrogens is 1. The molecule has 0 spiro atoms. The molecule has 0 fully saturated rings. The Morgan fingerprint density at radius 2 is 1.80 bits per heavy atom. The van der Waals surface area contributed by atoms with Crippen molar-refractivity contribution in [2.24, 2.45) is 0 Å². The Kier molecular flexibility index (Phi) is 2.36. The zero-order chi connectivity index (χ0) is 13.5. The first kappa shape index (κ1) is 11.2. The smallest absolute Gasteiger partial charge is 0.211 e. The van der Waals surface area contributed by atoms with E-state index in [9.17, 15) is 0 Å². The number of benzene rings is 2. The Morgan fingerprint density at radius 3 is 2.75 bits per heavy atom. The van der Waals surface area contributed by atoms with Crippen LogP contribution in [0.1, 0.15) is 18.1 Å². The molecule has 0 saturated heterocycles. The molecule has 0 amide bonds. The minimum atomic E-state index is 1.18. The van der Waals surface area contributed by atoms with Crippen LogP contribution in [0.5, 0.6) is 0 Å². The average molecular weight is 259 g/mol. The molecule has 0 bridgehead atoms. The molecule has 2 N–H and O–H groups in total. The first-order valence-corrected chi connectivity index (χ1v) is 6.81. The second-order valence-electron chi connectivity index (χ2n) is 5.12. The maximum Gasteiger partial charge on any atom is 0.211 e. The Hall–Kier alpha value is -2.61. The highest BCUT2D eigenvalue weighted by atomic mass is 14.8. The van der Waals surface area contributed by atoms with Gasteiger partial charge in [-0.2, -0.15) is 0 Å². The van der Waals surface area contributed by atoms with E-state index in [1.807, 2.05) is 0 Å². The lowest BCUT2D eigenvalue weighted by molar-refractivity contribution is -0.342. The zero-order valence-corrected chi connectivity index (χ0v) is 11.3. The quantitative estimate of drug-likeness (QED) is 0.673. The van der Waals surface area contributed by atoms with Crippen LogP contribution in [0.4, 0.5) is 5.69 Å². The summed E-state index contributed by atoms with van der Waals surface area (Å²) in [7, 11) is 0. The second kappa shape index (κ2) is 4.20. The third-order valence-corrected chi connectivity index (χ3v) is 3.99. The highest BCUT2D eigenvalue weighted by Crippen LogP contribution is 2.32. The minimum Gasteiger partial charge on any atom is -0.361 e. The molecule has 2 nitrogen and oxygen atoms in total. The molecule has 1 aromatic heterocycles. The van der Waals surface area contributed by atoms with E-state index in [4.69, 9.17) is 0 Å². The number of nitrogens with one attached hydrogen (secondary N) is 2. The van der Waals surface area contributed by atoms with E-state index in [0.717, 1.165) is 0 Å². The first-order chi connectivity index (χ1) is 9.84. The Morgan fingerprint density at radius 1 is 1.00 bits per heavy atom. The topological polar surface area (TPSA) is 29.8 Å². The van der Waals surface area contributed by atoms with E-state index in [2.05, 4.69) is 77.8 Å². The maximum absolute atomic E-state index is 3.35. The van der Waals surface area contributed by atoms with E-state index in [-0.39, 0.29) is 0 Å². The normalized spacial score (nSPS) is 15.7. The number of hydrogen-bond donors (Lipinski definition) is 2. The molecule has 1 aliphatic rings. The largest absolute Gasteiger partial charge is 0.361 e. The van der Waals surface area contributed by atoms with Gasteiger partial charge in [0.25, 0.3) is 0 Å². The van der Waals surface area contributed by atoms with Gasteiger partial charge in [-0.25, -0.2) is 4.99 Å². The summed E-state index contributed by atoms with van der Waals surface area (Å²) in [5.74, 6) is 0. The first-order valence-electron chi connectivity index (χ1n) is 6.81. The fourth-order valence-electron chi connectivity index (χ4n) is 2.91. The second-order valence-corrected chi connectivity index (χ2v) is 5.12. The summed E-state index contributed by atoms with van der Waals surface area (Å²) in [5, 5.41) is 1.27. The van der Waals surface area contributed by atoms with Crippen LogP contribution < -0.4 is 4.99 Å².